The van der Waals surface area contributed by atoms with Crippen LogP contribution in [0.1, 0.15) is 163 Å². The largest absolute Gasteiger partial charge is 0.462 e. The van der Waals surface area contributed by atoms with E-state index in [9.17, 15) is 14.4 Å². The van der Waals surface area contributed by atoms with Crippen molar-refractivity contribution in [3.05, 3.63) is 11.6 Å². The molecule has 4 rings (SSSR count). The van der Waals surface area contributed by atoms with Crippen LogP contribution in [0.2, 0.25) is 0 Å². The molecule has 0 saturated heterocycles. The predicted molar refractivity (Wildman–Crippen MR) is 168 cm³/mol. The number of fused-ring (bicyclic) bond motifs is 5. The van der Waals surface area contributed by atoms with Crippen LogP contribution in [0.5, 0.6) is 0 Å². The summed E-state index contributed by atoms with van der Waals surface area (Å²) in [5.74, 6) is 0.960. The topological polar surface area (TPSA) is 69.7 Å². The minimum atomic E-state index is -0.280. The molecule has 0 aromatic heterocycles. The molecule has 238 valence electrons. The standard InChI is InChI=1S/C37H60O5/c1-5-6-7-8-9-10-11-12-13-14-15-16-17-18-34(40)42-32-26-28-25-29(41-27(2)38)21-23-36(28,3)31-22-24-37(4)30(35(31)32)19-20-33(37)39/h26,29-32,35H,5-25H2,1-4H3/t29-,30?,31?,32+,35?,36-,37-/m0/s1. The van der Waals surface area contributed by atoms with E-state index in [1.165, 1.54) is 83.1 Å². The number of Topliss-reactive ketones (excluding diaryl/α,β-unsaturated/α-hetero) is 1. The summed E-state index contributed by atoms with van der Waals surface area (Å²) in [4.78, 5) is 37.9. The molecule has 0 aromatic rings. The highest BCUT2D eigenvalue weighted by Gasteiger charge is 2.61. The summed E-state index contributed by atoms with van der Waals surface area (Å²) in [6, 6.07) is 0. The summed E-state index contributed by atoms with van der Waals surface area (Å²) in [6.07, 6.45) is 25.1. The Morgan fingerprint density at radius 3 is 1.98 bits per heavy atom. The Hall–Kier alpha value is -1.65. The van der Waals surface area contributed by atoms with Gasteiger partial charge in [0.15, 0.2) is 0 Å². The molecule has 3 saturated carbocycles. The Morgan fingerprint density at radius 1 is 0.786 bits per heavy atom. The minimum absolute atomic E-state index is 0.0201. The summed E-state index contributed by atoms with van der Waals surface area (Å²) in [5.41, 5.74) is 1.04. The van der Waals surface area contributed by atoms with E-state index in [4.69, 9.17) is 9.47 Å². The number of hydrogen-bond acceptors (Lipinski definition) is 5. The zero-order valence-corrected chi connectivity index (χ0v) is 27.4. The summed E-state index contributed by atoms with van der Waals surface area (Å²) in [6.45, 7) is 8.31. The fraction of sp³-hybridized carbons (Fsp3) is 0.865. The molecule has 3 unspecified atom stereocenters. The molecule has 0 N–H and O–H groups in total. The van der Waals surface area contributed by atoms with Gasteiger partial charge in [0.25, 0.3) is 0 Å². The second kappa shape index (κ2) is 15.4. The maximum Gasteiger partial charge on any atom is 0.306 e. The number of hydrogen-bond donors (Lipinski definition) is 0. The summed E-state index contributed by atoms with van der Waals surface area (Å²) in [5, 5.41) is 0. The van der Waals surface area contributed by atoms with Gasteiger partial charge in [-0.05, 0) is 61.9 Å². The van der Waals surface area contributed by atoms with Crippen molar-refractivity contribution < 1.29 is 23.9 Å². The van der Waals surface area contributed by atoms with E-state index in [-0.39, 0.29) is 46.8 Å². The molecule has 42 heavy (non-hydrogen) atoms. The minimum Gasteiger partial charge on any atom is -0.462 e. The van der Waals surface area contributed by atoms with Crippen LogP contribution in [0.4, 0.5) is 0 Å². The first kappa shape index (κ1) is 33.2. The highest BCUT2D eigenvalue weighted by Crippen LogP contribution is 2.64. The molecule has 0 radical (unpaired) electrons. The third kappa shape index (κ3) is 7.89. The van der Waals surface area contributed by atoms with Crippen molar-refractivity contribution >= 4 is 17.7 Å². The van der Waals surface area contributed by atoms with E-state index in [0.29, 0.717) is 24.5 Å². The van der Waals surface area contributed by atoms with Crippen LogP contribution in [0, 0.1) is 28.6 Å². The van der Waals surface area contributed by atoms with Gasteiger partial charge < -0.3 is 9.47 Å². The molecule has 5 nitrogen and oxygen atoms in total. The van der Waals surface area contributed by atoms with Crippen molar-refractivity contribution in [2.45, 2.75) is 175 Å². The number of ether oxygens (including phenoxy) is 2. The van der Waals surface area contributed by atoms with Gasteiger partial charge in [-0.1, -0.05) is 103 Å². The van der Waals surface area contributed by atoms with E-state index in [1.807, 2.05) is 0 Å². The number of rotatable bonds is 16. The van der Waals surface area contributed by atoms with Crippen molar-refractivity contribution in [2.24, 2.45) is 28.6 Å². The molecule has 4 aliphatic rings. The van der Waals surface area contributed by atoms with Crippen LogP contribution in [-0.4, -0.2) is 29.9 Å². The van der Waals surface area contributed by atoms with Crippen molar-refractivity contribution in [1.82, 2.24) is 0 Å². The van der Waals surface area contributed by atoms with E-state index in [0.717, 1.165) is 51.4 Å². The van der Waals surface area contributed by atoms with Crippen LogP contribution in [0.3, 0.4) is 0 Å². The molecule has 0 amide bonds. The van der Waals surface area contributed by atoms with E-state index in [2.05, 4.69) is 26.8 Å². The fourth-order valence-corrected chi connectivity index (χ4v) is 9.31. The van der Waals surface area contributed by atoms with Gasteiger partial charge in [-0.25, -0.2) is 0 Å². The Bertz CT molecular complexity index is 954. The smallest absolute Gasteiger partial charge is 0.306 e. The molecular formula is C37H60O5. The first-order valence-corrected chi connectivity index (χ1v) is 17.8. The Labute approximate surface area is 256 Å². The third-order valence-corrected chi connectivity index (χ3v) is 11.9. The van der Waals surface area contributed by atoms with Crippen LogP contribution in [0.25, 0.3) is 0 Å². The molecule has 4 aliphatic carbocycles. The van der Waals surface area contributed by atoms with Crippen LogP contribution in [0.15, 0.2) is 11.6 Å². The average molecular weight is 585 g/mol. The molecule has 0 bridgehead atoms. The molecule has 0 aliphatic heterocycles. The van der Waals surface area contributed by atoms with Crippen molar-refractivity contribution in [3.8, 4) is 0 Å². The molecular weight excluding hydrogens is 524 g/mol. The Balaban J connectivity index is 1.28. The highest BCUT2D eigenvalue weighted by atomic mass is 16.5. The van der Waals surface area contributed by atoms with Crippen LogP contribution in [-0.2, 0) is 23.9 Å². The SMILES string of the molecule is CCCCCCCCCCCCCCCC(=O)O[C@@H]1C=C2C[C@@H](OC(C)=O)CC[C@]2(C)C2CC[C@]3(C)C(=O)CCC3C21. The monoisotopic (exact) mass is 584 g/mol. The van der Waals surface area contributed by atoms with Gasteiger partial charge in [0.1, 0.15) is 18.0 Å². The maximum absolute atomic E-state index is 13.2. The van der Waals surface area contributed by atoms with Gasteiger partial charge in [-0.15, -0.1) is 0 Å². The van der Waals surface area contributed by atoms with Crippen LogP contribution >= 0.6 is 0 Å². The lowest BCUT2D eigenvalue weighted by atomic mass is 9.47. The molecule has 0 aromatic carbocycles. The Morgan fingerprint density at radius 2 is 1.36 bits per heavy atom. The molecule has 7 atom stereocenters. The van der Waals surface area contributed by atoms with E-state index < -0.39 is 0 Å². The molecule has 5 heteroatoms. The summed E-state index contributed by atoms with van der Waals surface area (Å²) >= 11 is 0. The van der Waals surface area contributed by atoms with Gasteiger partial charge in [0, 0.05) is 37.5 Å². The van der Waals surface area contributed by atoms with Crippen LogP contribution < -0.4 is 0 Å². The lowest BCUT2D eigenvalue weighted by Crippen LogP contribution is -2.55. The van der Waals surface area contributed by atoms with Gasteiger partial charge in [-0.3, -0.25) is 14.4 Å². The first-order chi connectivity index (χ1) is 20.2. The van der Waals surface area contributed by atoms with Crippen molar-refractivity contribution in [3.63, 3.8) is 0 Å². The van der Waals surface area contributed by atoms with Gasteiger partial charge in [0.2, 0.25) is 0 Å². The van der Waals surface area contributed by atoms with Gasteiger partial charge in [0.05, 0.1) is 0 Å². The zero-order chi connectivity index (χ0) is 30.2. The quantitative estimate of drug-likeness (QED) is 0.103. The molecule has 0 heterocycles. The second-order valence-electron chi connectivity index (χ2n) is 14.7. The lowest BCUT2D eigenvalue weighted by Gasteiger charge is -2.58. The summed E-state index contributed by atoms with van der Waals surface area (Å²) in [7, 11) is 0. The predicted octanol–water partition coefficient (Wildman–Crippen LogP) is 9.45. The molecule has 3 fully saturated rings. The van der Waals surface area contributed by atoms with Crippen molar-refractivity contribution in [2.75, 3.05) is 0 Å². The second-order valence-corrected chi connectivity index (χ2v) is 14.7. The van der Waals surface area contributed by atoms with Gasteiger partial charge >= 0.3 is 11.9 Å². The van der Waals surface area contributed by atoms with E-state index >= 15 is 0 Å². The highest BCUT2D eigenvalue weighted by molar-refractivity contribution is 5.87. The fourth-order valence-electron chi connectivity index (χ4n) is 9.31. The first-order valence-electron chi connectivity index (χ1n) is 17.8. The summed E-state index contributed by atoms with van der Waals surface area (Å²) < 4.78 is 12.0. The zero-order valence-electron chi connectivity index (χ0n) is 27.4. The van der Waals surface area contributed by atoms with Crippen molar-refractivity contribution in [1.29, 1.82) is 0 Å². The van der Waals surface area contributed by atoms with Gasteiger partial charge in [-0.2, -0.15) is 0 Å². The number of carbonyl (C=O) groups excluding carboxylic acids is 3. The normalized spacial score (nSPS) is 33.8. The number of unbranched alkanes of at least 4 members (excludes halogenated alkanes) is 12. The number of esters is 2. The molecule has 0 spiro atoms. The number of carbonyl (C=O) groups is 3. The Kier molecular flexibility index (Phi) is 12.2. The lowest BCUT2D eigenvalue weighted by molar-refractivity contribution is -0.161. The third-order valence-electron chi connectivity index (χ3n) is 11.9. The van der Waals surface area contributed by atoms with E-state index in [1.54, 1.807) is 0 Å². The average Bonchev–Trinajstić information content (AvgIpc) is 3.25. The maximum atomic E-state index is 13.2. The number of ketones is 1.